The minimum absolute atomic E-state index is 0.275. The van der Waals surface area contributed by atoms with Crippen molar-refractivity contribution in [2.45, 2.75) is 23.9 Å². The molecular formula is C26H20FNO2. The fraction of sp³-hybridized carbons (Fsp3) is 0.154. The van der Waals surface area contributed by atoms with Crippen molar-refractivity contribution in [1.82, 2.24) is 4.98 Å². The van der Waals surface area contributed by atoms with Gasteiger partial charge >= 0.3 is 0 Å². The zero-order valence-electron chi connectivity index (χ0n) is 16.3. The van der Waals surface area contributed by atoms with Crippen LogP contribution >= 0.6 is 0 Å². The highest BCUT2D eigenvalue weighted by Gasteiger charge is 2.57. The van der Waals surface area contributed by atoms with E-state index in [2.05, 4.69) is 0 Å². The minimum atomic E-state index is -1.06. The second-order valence-electron chi connectivity index (χ2n) is 8.11. The Bertz CT molecular complexity index is 1230. The topological polar surface area (TPSA) is 50.2 Å². The van der Waals surface area contributed by atoms with E-state index < -0.39 is 11.0 Å². The third-order valence-electron chi connectivity index (χ3n) is 6.10. The number of halogens is 1. The summed E-state index contributed by atoms with van der Waals surface area (Å²) in [7, 11) is 0. The standard InChI is InChI=1S/C26H20FNO2/c27-21-12-10-18(11-13-21)23-14-19-6-4-5-9-22(19)24(28-23)25(17-29)15-26(30,16-25)20-7-2-1-3-8-20/h1-14,17,30H,15-16H2. The number of aliphatic hydroxyl groups is 1. The summed E-state index contributed by atoms with van der Waals surface area (Å²) in [6, 6.07) is 25.4. The van der Waals surface area contributed by atoms with Gasteiger partial charge in [0.15, 0.2) is 0 Å². The summed E-state index contributed by atoms with van der Waals surface area (Å²) >= 11 is 0. The van der Waals surface area contributed by atoms with Gasteiger partial charge in [-0.05, 0) is 54.1 Å². The van der Waals surface area contributed by atoms with Gasteiger partial charge < -0.3 is 9.90 Å². The number of carbonyl (C=O) groups excluding carboxylic acids is 1. The second-order valence-corrected chi connectivity index (χ2v) is 8.11. The third-order valence-corrected chi connectivity index (χ3v) is 6.10. The first-order valence-corrected chi connectivity index (χ1v) is 9.94. The van der Waals surface area contributed by atoms with Crippen LogP contribution in [0.2, 0.25) is 0 Å². The van der Waals surface area contributed by atoms with E-state index in [1.165, 1.54) is 12.1 Å². The van der Waals surface area contributed by atoms with E-state index in [0.29, 0.717) is 11.4 Å². The molecule has 1 heterocycles. The molecular weight excluding hydrogens is 377 g/mol. The molecule has 1 aliphatic carbocycles. The lowest BCUT2D eigenvalue weighted by Crippen LogP contribution is -2.54. The Kier molecular flexibility index (Phi) is 4.26. The molecule has 1 fully saturated rings. The van der Waals surface area contributed by atoms with E-state index >= 15 is 0 Å². The lowest BCUT2D eigenvalue weighted by molar-refractivity contribution is -0.136. The van der Waals surface area contributed by atoms with Gasteiger partial charge in [0.25, 0.3) is 0 Å². The summed E-state index contributed by atoms with van der Waals surface area (Å²) < 4.78 is 13.4. The van der Waals surface area contributed by atoms with E-state index in [1.807, 2.05) is 60.7 Å². The Morgan fingerprint density at radius 1 is 0.900 bits per heavy atom. The number of hydrogen-bond donors (Lipinski definition) is 1. The summed E-state index contributed by atoms with van der Waals surface area (Å²) in [6.45, 7) is 0. The van der Waals surface area contributed by atoms with E-state index in [-0.39, 0.29) is 18.7 Å². The molecule has 4 aromatic rings. The van der Waals surface area contributed by atoms with Gasteiger partial charge in [-0.15, -0.1) is 0 Å². The van der Waals surface area contributed by atoms with Crippen LogP contribution < -0.4 is 0 Å². The lowest BCUT2D eigenvalue weighted by Gasteiger charge is -2.50. The van der Waals surface area contributed by atoms with Crippen molar-refractivity contribution in [2.24, 2.45) is 0 Å². The van der Waals surface area contributed by atoms with E-state index in [9.17, 15) is 14.3 Å². The predicted molar refractivity (Wildman–Crippen MR) is 114 cm³/mol. The molecule has 0 unspecified atom stereocenters. The molecule has 5 rings (SSSR count). The number of aldehydes is 1. The van der Waals surface area contributed by atoms with Gasteiger partial charge in [-0.1, -0.05) is 54.6 Å². The fourth-order valence-electron chi connectivity index (χ4n) is 4.60. The molecule has 30 heavy (non-hydrogen) atoms. The second kappa shape index (κ2) is 6.85. The summed E-state index contributed by atoms with van der Waals surface area (Å²) in [6.07, 6.45) is 1.47. The summed E-state index contributed by atoms with van der Waals surface area (Å²) in [5.41, 5.74) is 0.996. The Labute approximate surface area is 173 Å². The summed E-state index contributed by atoms with van der Waals surface area (Å²) in [5.74, 6) is -0.309. The molecule has 0 saturated heterocycles. The van der Waals surface area contributed by atoms with Crippen molar-refractivity contribution in [2.75, 3.05) is 0 Å². The number of benzene rings is 3. The normalized spacial score (nSPS) is 23.1. The molecule has 3 nitrogen and oxygen atoms in total. The van der Waals surface area contributed by atoms with E-state index in [0.717, 1.165) is 28.2 Å². The molecule has 0 radical (unpaired) electrons. The van der Waals surface area contributed by atoms with Crippen LogP contribution in [0.4, 0.5) is 4.39 Å². The Balaban J connectivity index is 1.64. The van der Waals surface area contributed by atoms with Gasteiger partial charge in [0.05, 0.1) is 22.4 Å². The maximum atomic E-state index is 13.4. The van der Waals surface area contributed by atoms with Crippen molar-refractivity contribution in [3.63, 3.8) is 0 Å². The smallest absolute Gasteiger partial charge is 0.132 e. The summed E-state index contributed by atoms with van der Waals surface area (Å²) in [4.78, 5) is 17.2. The zero-order valence-corrected chi connectivity index (χ0v) is 16.3. The van der Waals surface area contributed by atoms with Crippen molar-refractivity contribution in [3.05, 3.63) is 102 Å². The van der Waals surface area contributed by atoms with Crippen LogP contribution in [-0.4, -0.2) is 16.4 Å². The van der Waals surface area contributed by atoms with Gasteiger partial charge in [-0.3, -0.25) is 4.98 Å². The van der Waals surface area contributed by atoms with Gasteiger partial charge in [-0.2, -0.15) is 0 Å². The Morgan fingerprint density at radius 2 is 1.57 bits per heavy atom. The van der Waals surface area contributed by atoms with Crippen molar-refractivity contribution >= 4 is 17.1 Å². The van der Waals surface area contributed by atoms with Crippen LogP contribution in [0.5, 0.6) is 0 Å². The molecule has 3 aromatic carbocycles. The molecule has 0 aliphatic heterocycles. The van der Waals surface area contributed by atoms with Crippen LogP contribution in [0.3, 0.4) is 0 Å². The van der Waals surface area contributed by atoms with Crippen molar-refractivity contribution in [3.8, 4) is 11.3 Å². The molecule has 1 saturated carbocycles. The molecule has 1 N–H and O–H groups in total. The van der Waals surface area contributed by atoms with Crippen LogP contribution in [0, 0.1) is 5.82 Å². The average Bonchev–Trinajstić information content (AvgIpc) is 2.77. The molecule has 0 atom stereocenters. The van der Waals surface area contributed by atoms with E-state index in [4.69, 9.17) is 4.98 Å². The number of hydrogen-bond acceptors (Lipinski definition) is 3. The lowest BCUT2D eigenvalue weighted by atomic mass is 9.55. The first kappa shape index (κ1) is 18.6. The first-order chi connectivity index (χ1) is 14.5. The predicted octanol–water partition coefficient (Wildman–Crippen LogP) is 5.16. The zero-order chi connectivity index (χ0) is 20.8. The average molecular weight is 397 g/mol. The molecule has 148 valence electrons. The van der Waals surface area contributed by atoms with Crippen LogP contribution in [-0.2, 0) is 15.8 Å². The first-order valence-electron chi connectivity index (χ1n) is 9.94. The third kappa shape index (κ3) is 2.92. The van der Waals surface area contributed by atoms with Crippen molar-refractivity contribution in [1.29, 1.82) is 0 Å². The maximum absolute atomic E-state index is 13.4. The van der Waals surface area contributed by atoms with Gasteiger partial charge in [0, 0.05) is 10.9 Å². The van der Waals surface area contributed by atoms with Crippen molar-refractivity contribution < 1.29 is 14.3 Å². The summed E-state index contributed by atoms with van der Waals surface area (Å²) in [5, 5.41) is 13.0. The van der Waals surface area contributed by atoms with Crippen LogP contribution in [0.1, 0.15) is 24.1 Å². The fourth-order valence-corrected chi connectivity index (χ4v) is 4.60. The largest absolute Gasteiger partial charge is 0.385 e. The SMILES string of the molecule is O=CC1(c2nc(-c3ccc(F)cc3)cc3ccccc23)CC(O)(c2ccccc2)C1. The highest BCUT2D eigenvalue weighted by molar-refractivity contribution is 5.92. The number of rotatable bonds is 4. The number of fused-ring (bicyclic) bond motifs is 1. The quantitative estimate of drug-likeness (QED) is 0.484. The van der Waals surface area contributed by atoms with Crippen LogP contribution in [0.25, 0.3) is 22.0 Å². The number of pyridine rings is 1. The molecule has 0 amide bonds. The number of aromatic nitrogens is 1. The van der Waals surface area contributed by atoms with Gasteiger partial charge in [0.2, 0.25) is 0 Å². The highest BCUT2D eigenvalue weighted by Crippen LogP contribution is 2.55. The molecule has 1 aromatic heterocycles. The van der Waals surface area contributed by atoms with E-state index in [1.54, 1.807) is 12.1 Å². The van der Waals surface area contributed by atoms with Gasteiger partial charge in [-0.25, -0.2) is 4.39 Å². The molecule has 1 aliphatic rings. The van der Waals surface area contributed by atoms with Gasteiger partial charge in [0.1, 0.15) is 12.1 Å². The maximum Gasteiger partial charge on any atom is 0.132 e. The number of carbonyl (C=O) groups is 1. The molecule has 0 bridgehead atoms. The number of nitrogens with zero attached hydrogens (tertiary/aromatic N) is 1. The minimum Gasteiger partial charge on any atom is -0.385 e. The monoisotopic (exact) mass is 397 g/mol. The highest BCUT2D eigenvalue weighted by atomic mass is 19.1. The molecule has 4 heteroatoms. The Morgan fingerprint density at radius 3 is 2.27 bits per heavy atom. The molecule has 0 spiro atoms. The van der Waals surface area contributed by atoms with Crippen LogP contribution in [0.15, 0.2) is 84.9 Å². The Hall–Kier alpha value is -3.37.